The molecule has 0 unspecified atom stereocenters. The normalized spacial score (nSPS) is 10.7. The van der Waals surface area contributed by atoms with E-state index in [1.165, 1.54) is 0 Å². The summed E-state index contributed by atoms with van der Waals surface area (Å²) in [5, 5.41) is 8.87. The molecule has 0 bridgehead atoms. The smallest absolute Gasteiger partial charge is 0.164 e. The van der Waals surface area contributed by atoms with E-state index in [2.05, 4.69) is 16.0 Å². The molecule has 2 heterocycles. The fourth-order valence-corrected chi connectivity index (χ4v) is 2.32. The first kappa shape index (κ1) is 12.6. The summed E-state index contributed by atoms with van der Waals surface area (Å²) in [7, 11) is 0. The van der Waals surface area contributed by atoms with E-state index in [0.717, 1.165) is 28.4 Å². The van der Waals surface area contributed by atoms with Crippen LogP contribution in [0.3, 0.4) is 0 Å². The molecule has 5 heteroatoms. The highest BCUT2D eigenvalue weighted by Crippen LogP contribution is 2.21. The molecule has 0 N–H and O–H groups in total. The van der Waals surface area contributed by atoms with Crippen molar-refractivity contribution in [2.75, 3.05) is 0 Å². The molecular formula is C15H11ClN4. The van der Waals surface area contributed by atoms with E-state index in [1.54, 1.807) is 12.1 Å². The van der Waals surface area contributed by atoms with Crippen molar-refractivity contribution in [3.63, 3.8) is 0 Å². The first-order valence-corrected chi connectivity index (χ1v) is 6.68. The second-order valence-electron chi connectivity index (χ2n) is 4.45. The van der Waals surface area contributed by atoms with E-state index in [0.29, 0.717) is 11.4 Å². The third-order valence-electron chi connectivity index (χ3n) is 3.09. The van der Waals surface area contributed by atoms with Crippen LogP contribution >= 0.6 is 11.6 Å². The largest absolute Gasteiger partial charge is 0.280 e. The second-order valence-corrected chi connectivity index (χ2v) is 4.72. The quantitative estimate of drug-likeness (QED) is 0.677. The van der Waals surface area contributed by atoms with Crippen molar-refractivity contribution in [2.24, 2.45) is 0 Å². The Bertz CT molecular complexity index is 812. The molecule has 3 aromatic rings. The lowest BCUT2D eigenvalue weighted by Gasteiger charge is -2.07. The third kappa shape index (κ3) is 2.02. The Balaban J connectivity index is 2.27. The van der Waals surface area contributed by atoms with Crippen LogP contribution in [0.1, 0.15) is 17.1 Å². The fraction of sp³-hybridized carbons (Fsp3) is 0.133. The van der Waals surface area contributed by atoms with Gasteiger partial charge in [-0.15, -0.1) is 11.6 Å². The zero-order valence-electron chi connectivity index (χ0n) is 10.8. The molecule has 0 amide bonds. The number of nitrogens with zero attached hydrogens (tertiary/aromatic N) is 4. The van der Waals surface area contributed by atoms with Gasteiger partial charge in [0.15, 0.2) is 5.65 Å². The molecule has 0 saturated carbocycles. The zero-order chi connectivity index (χ0) is 14.1. The van der Waals surface area contributed by atoms with Gasteiger partial charge in [0, 0.05) is 11.4 Å². The number of imidazole rings is 1. The number of pyridine rings is 1. The minimum absolute atomic E-state index is 0.301. The first-order valence-electron chi connectivity index (χ1n) is 6.14. The fourth-order valence-electron chi connectivity index (χ4n) is 2.14. The Morgan fingerprint density at radius 3 is 2.55 bits per heavy atom. The summed E-state index contributed by atoms with van der Waals surface area (Å²) in [6, 6.07) is 13.3. The van der Waals surface area contributed by atoms with Gasteiger partial charge in [-0.3, -0.25) is 4.57 Å². The van der Waals surface area contributed by atoms with Gasteiger partial charge in [-0.25, -0.2) is 9.97 Å². The average molecular weight is 283 g/mol. The Morgan fingerprint density at radius 2 is 1.90 bits per heavy atom. The van der Waals surface area contributed by atoms with Crippen molar-refractivity contribution in [1.82, 2.24) is 14.5 Å². The second kappa shape index (κ2) is 4.95. The number of nitriles is 1. The summed E-state index contributed by atoms with van der Waals surface area (Å²) in [6.45, 7) is 1.94. The molecule has 0 aliphatic carbocycles. The average Bonchev–Trinajstić information content (AvgIpc) is 2.85. The monoisotopic (exact) mass is 282 g/mol. The van der Waals surface area contributed by atoms with Gasteiger partial charge in [0.1, 0.15) is 11.3 Å². The van der Waals surface area contributed by atoms with Crippen LogP contribution in [-0.4, -0.2) is 14.5 Å². The third-order valence-corrected chi connectivity index (χ3v) is 3.33. The summed E-state index contributed by atoms with van der Waals surface area (Å²) in [4.78, 5) is 9.03. The van der Waals surface area contributed by atoms with Crippen LogP contribution in [0.4, 0.5) is 0 Å². The molecule has 0 aliphatic rings. The van der Waals surface area contributed by atoms with E-state index in [1.807, 2.05) is 35.8 Å². The molecule has 3 rings (SSSR count). The van der Waals surface area contributed by atoms with Gasteiger partial charge < -0.3 is 0 Å². The van der Waals surface area contributed by atoms with Crippen LogP contribution in [0.5, 0.6) is 0 Å². The van der Waals surface area contributed by atoms with Crippen molar-refractivity contribution in [1.29, 1.82) is 5.26 Å². The maximum absolute atomic E-state index is 8.87. The number of aromatic nitrogens is 3. The molecule has 0 radical (unpaired) electrons. The van der Waals surface area contributed by atoms with Crippen molar-refractivity contribution in [2.45, 2.75) is 12.8 Å². The van der Waals surface area contributed by atoms with Gasteiger partial charge in [0.05, 0.1) is 17.5 Å². The highest BCUT2D eigenvalue weighted by Gasteiger charge is 2.13. The van der Waals surface area contributed by atoms with Crippen LogP contribution < -0.4 is 0 Å². The number of benzene rings is 1. The summed E-state index contributed by atoms with van der Waals surface area (Å²) < 4.78 is 1.93. The van der Waals surface area contributed by atoms with Gasteiger partial charge in [0.2, 0.25) is 0 Å². The van der Waals surface area contributed by atoms with Crippen molar-refractivity contribution in [3.05, 3.63) is 53.5 Å². The van der Waals surface area contributed by atoms with E-state index >= 15 is 0 Å². The SMILES string of the molecule is Cc1ccc2nc(CCl)n(-c3ccc(C#N)cc3)c2n1. The molecule has 0 fully saturated rings. The summed E-state index contributed by atoms with van der Waals surface area (Å²) in [5.74, 6) is 1.04. The predicted molar refractivity (Wildman–Crippen MR) is 77.9 cm³/mol. The van der Waals surface area contributed by atoms with E-state index in [-0.39, 0.29) is 0 Å². The number of aryl methyl sites for hydroxylation is 1. The highest BCUT2D eigenvalue weighted by molar-refractivity contribution is 6.16. The van der Waals surface area contributed by atoms with E-state index < -0.39 is 0 Å². The molecule has 0 saturated heterocycles. The molecule has 20 heavy (non-hydrogen) atoms. The maximum atomic E-state index is 8.87. The summed E-state index contributed by atoms with van der Waals surface area (Å²) >= 11 is 5.99. The predicted octanol–water partition coefficient (Wildman–Crippen LogP) is 3.34. The van der Waals surface area contributed by atoms with Crippen molar-refractivity contribution >= 4 is 22.8 Å². The minimum Gasteiger partial charge on any atom is -0.280 e. The Hall–Kier alpha value is -2.38. The van der Waals surface area contributed by atoms with E-state index in [4.69, 9.17) is 16.9 Å². The van der Waals surface area contributed by atoms with Crippen LogP contribution in [0.25, 0.3) is 16.9 Å². The molecule has 0 spiro atoms. The van der Waals surface area contributed by atoms with Gasteiger partial charge in [0.25, 0.3) is 0 Å². The number of halogens is 1. The number of rotatable bonds is 2. The number of alkyl halides is 1. The topological polar surface area (TPSA) is 54.5 Å². The number of hydrogen-bond donors (Lipinski definition) is 0. The molecule has 0 atom stereocenters. The highest BCUT2D eigenvalue weighted by atomic mass is 35.5. The zero-order valence-corrected chi connectivity index (χ0v) is 11.6. The van der Waals surface area contributed by atoms with Gasteiger partial charge in [-0.05, 0) is 43.3 Å². The lowest BCUT2D eigenvalue weighted by Crippen LogP contribution is -2.00. The first-order chi connectivity index (χ1) is 9.72. The van der Waals surface area contributed by atoms with Gasteiger partial charge in [-0.2, -0.15) is 5.26 Å². The number of hydrogen-bond acceptors (Lipinski definition) is 3. The molecule has 0 aliphatic heterocycles. The Morgan fingerprint density at radius 1 is 1.15 bits per heavy atom. The van der Waals surface area contributed by atoms with Crippen LogP contribution in [0.15, 0.2) is 36.4 Å². The van der Waals surface area contributed by atoms with Crippen LogP contribution in [0.2, 0.25) is 0 Å². The lowest BCUT2D eigenvalue weighted by atomic mass is 10.2. The molecule has 98 valence electrons. The van der Waals surface area contributed by atoms with Gasteiger partial charge in [-0.1, -0.05) is 0 Å². The molecular weight excluding hydrogens is 272 g/mol. The lowest BCUT2D eigenvalue weighted by molar-refractivity contribution is 0.966. The summed E-state index contributed by atoms with van der Waals surface area (Å²) in [6.07, 6.45) is 0. The van der Waals surface area contributed by atoms with Crippen LogP contribution in [0, 0.1) is 18.3 Å². The Labute approximate surface area is 121 Å². The molecule has 4 nitrogen and oxygen atoms in total. The summed E-state index contributed by atoms with van der Waals surface area (Å²) in [5.41, 5.74) is 4.05. The molecule has 2 aromatic heterocycles. The van der Waals surface area contributed by atoms with Crippen molar-refractivity contribution in [3.8, 4) is 11.8 Å². The molecule has 1 aromatic carbocycles. The standard InChI is InChI=1S/C15H11ClN4/c1-10-2-7-13-15(18-10)20(14(8-16)19-13)12-5-3-11(9-17)4-6-12/h2-7H,8H2,1H3. The minimum atomic E-state index is 0.301. The maximum Gasteiger partial charge on any atom is 0.164 e. The van der Waals surface area contributed by atoms with Crippen molar-refractivity contribution < 1.29 is 0 Å². The van der Waals surface area contributed by atoms with Gasteiger partial charge >= 0.3 is 0 Å². The number of fused-ring (bicyclic) bond motifs is 1. The van der Waals surface area contributed by atoms with E-state index in [9.17, 15) is 0 Å². The Kier molecular flexibility index (Phi) is 3.13. The van der Waals surface area contributed by atoms with Crippen LogP contribution in [-0.2, 0) is 5.88 Å².